The first-order chi connectivity index (χ1) is 16.0. The van der Waals surface area contributed by atoms with Crippen LogP contribution in [-0.2, 0) is 9.53 Å². The van der Waals surface area contributed by atoms with Gasteiger partial charge in [0.05, 0.1) is 15.0 Å². The van der Waals surface area contributed by atoms with Crippen molar-refractivity contribution in [3.63, 3.8) is 0 Å². The number of piperazine rings is 1. The Morgan fingerprint density at radius 3 is 2.76 bits per heavy atom. The summed E-state index contributed by atoms with van der Waals surface area (Å²) in [4.78, 5) is 46.1. The van der Waals surface area contributed by atoms with Crippen LogP contribution in [0.5, 0.6) is 0 Å². The molecular formula is C23H28BrClN4O4S. The monoisotopic (exact) mass is 570 g/mol. The number of aromatic nitrogens is 2. The molecule has 3 heterocycles. The molecular weight excluding hydrogens is 544 g/mol. The fourth-order valence-corrected chi connectivity index (χ4v) is 6.65. The maximum absolute atomic E-state index is 13.3. The van der Waals surface area contributed by atoms with Gasteiger partial charge in [0.2, 0.25) is 0 Å². The Kier molecular flexibility index (Phi) is 7.22. The molecule has 1 fully saturated rings. The molecule has 0 N–H and O–H groups in total. The standard InChI is InChI=1S/C23H28BrClN4O4S/c1-13-11-27(22(32)33-23(2,3)4)7-8-28(13)20-15-10-16(25)17(24)19-18(15)29(21(31)26-20)14(12-34-19)6-5-9-30/h9-10,13-14H,5-8,11-12H2,1-4H3/t13-,14+/m0/s1. The summed E-state index contributed by atoms with van der Waals surface area (Å²) < 4.78 is 8.01. The quantitative estimate of drug-likeness (QED) is 0.484. The van der Waals surface area contributed by atoms with Gasteiger partial charge in [-0.25, -0.2) is 9.59 Å². The van der Waals surface area contributed by atoms with Gasteiger partial charge >= 0.3 is 11.8 Å². The van der Waals surface area contributed by atoms with E-state index in [0.717, 1.165) is 26.6 Å². The Bertz CT molecular complexity index is 1200. The second-order valence-corrected chi connectivity index (χ2v) is 11.9. The number of carbonyl (C=O) groups is 2. The molecule has 8 nitrogen and oxygen atoms in total. The number of anilines is 1. The van der Waals surface area contributed by atoms with Gasteiger partial charge in [0.1, 0.15) is 17.7 Å². The summed E-state index contributed by atoms with van der Waals surface area (Å²) >= 11 is 11.8. The molecule has 34 heavy (non-hydrogen) atoms. The van der Waals surface area contributed by atoms with Crippen molar-refractivity contribution < 1.29 is 14.3 Å². The van der Waals surface area contributed by atoms with E-state index in [2.05, 4.69) is 25.8 Å². The van der Waals surface area contributed by atoms with Crippen LogP contribution in [0.1, 0.15) is 46.6 Å². The number of nitrogens with zero attached hydrogens (tertiary/aromatic N) is 4. The van der Waals surface area contributed by atoms with E-state index in [1.165, 1.54) is 0 Å². The summed E-state index contributed by atoms with van der Waals surface area (Å²) in [5, 5.41) is 1.35. The van der Waals surface area contributed by atoms with E-state index in [-0.39, 0.29) is 23.9 Å². The van der Waals surface area contributed by atoms with Crippen molar-refractivity contribution in [1.29, 1.82) is 0 Å². The largest absolute Gasteiger partial charge is 0.444 e. The van der Waals surface area contributed by atoms with E-state index in [0.29, 0.717) is 49.1 Å². The molecule has 0 radical (unpaired) electrons. The molecule has 11 heteroatoms. The lowest BCUT2D eigenvalue weighted by Gasteiger charge is -2.41. The third kappa shape index (κ3) is 4.81. The molecule has 1 amide bonds. The lowest BCUT2D eigenvalue weighted by Crippen LogP contribution is -2.55. The summed E-state index contributed by atoms with van der Waals surface area (Å²) in [6, 6.07) is 1.64. The highest BCUT2D eigenvalue weighted by Gasteiger charge is 2.34. The molecule has 1 saturated heterocycles. The molecule has 2 aliphatic heterocycles. The first-order valence-electron chi connectivity index (χ1n) is 11.3. The van der Waals surface area contributed by atoms with Crippen molar-refractivity contribution in [2.24, 2.45) is 0 Å². The summed E-state index contributed by atoms with van der Waals surface area (Å²) in [6.07, 6.45) is 1.50. The number of ether oxygens (including phenoxy) is 1. The van der Waals surface area contributed by atoms with E-state index in [4.69, 9.17) is 16.3 Å². The highest BCUT2D eigenvalue weighted by Crippen LogP contribution is 2.46. The molecule has 0 saturated carbocycles. The van der Waals surface area contributed by atoms with Crippen LogP contribution in [0.15, 0.2) is 20.2 Å². The SMILES string of the molecule is C[C@H]1CN(C(=O)OC(C)(C)C)CCN1c1nc(=O)n2c3c(c(Br)c(Cl)cc13)SC[C@H]2CCC=O. The average molecular weight is 572 g/mol. The first kappa shape index (κ1) is 25.3. The van der Waals surface area contributed by atoms with Crippen molar-refractivity contribution in [3.05, 3.63) is 26.0 Å². The molecule has 0 unspecified atom stereocenters. The molecule has 0 bridgehead atoms. The van der Waals surface area contributed by atoms with E-state index < -0.39 is 5.60 Å². The average Bonchev–Trinajstić information content (AvgIpc) is 2.76. The van der Waals surface area contributed by atoms with E-state index >= 15 is 0 Å². The highest BCUT2D eigenvalue weighted by molar-refractivity contribution is 9.10. The molecule has 1 aromatic carbocycles. The maximum atomic E-state index is 13.3. The summed E-state index contributed by atoms with van der Waals surface area (Å²) in [5.74, 6) is 1.24. The van der Waals surface area contributed by atoms with Gasteiger partial charge in [-0.3, -0.25) is 4.57 Å². The summed E-state index contributed by atoms with van der Waals surface area (Å²) in [7, 11) is 0. The zero-order valence-electron chi connectivity index (χ0n) is 19.6. The summed E-state index contributed by atoms with van der Waals surface area (Å²) in [5.41, 5.74) is -0.109. The van der Waals surface area contributed by atoms with Crippen molar-refractivity contribution in [2.45, 2.75) is 63.1 Å². The van der Waals surface area contributed by atoms with Crippen LogP contribution < -0.4 is 10.6 Å². The highest BCUT2D eigenvalue weighted by atomic mass is 79.9. The van der Waals surface area contributed by atoms with Gasteiger partial charge in [-0.2, -0.15) is 4.98 Å². The van der Waals surface area contributed by atoms with E-state index in [1.54, 1.807) is 21.2 Å². The van der Waals surface area contributed by atoms with Crippen LogP contribution >= 0.6 is 39.3 Å². The predicted molar refractivity (Wildman–Crippen MR) is 138 cm³/mol. The normalized spacial score (nSPS) is 20.5. The number of hydrogen-bond acceptors (Lipinski definition) is 7. The zero-order chi connectivity index (χ0) is 24.8. The van der Waals surface area contributed by atoms with Gasteiger partial charge in [0, 0.05) is 54.2 Å². The first-order valence-corrected chi connectivity index (χ1v) is 13.4. The van der Waals surface area contributed by atoms with Crippen LogP contribution in [0.25, 0.3) is 10.9 Å². The molecule has 1 aromatic heterocycles. The van der Waals surface area contributed by atoms with Crippen LogP contribution in [-0.4, -0.2) is 63.9 Å². The third-order valence-corrected chi connectivity index (χ3v) is 8.84. The number of carbonyl (C=O) groups excluding carboxylic acids is 2. The minimum Gasteiger partial charge on any atom is -0.444 e. The van der Waals surface area contributed by atoms with Crippen LogP contribution in [0.3, 0.4) is 0 Å². The Balaban J connectivity index is 1.75. The minimum absolute atomic E-state index is 0.0838. The van der Waals surface area contributed by atoms with Gasteiger partial charge in [-0.05, 0) is 56.1 Å². The van der Waals surface area contributed by atoms with Crippen LogP contribution in [0.4, 0.5) is 10.6 Å². The molecule has 2 aromatic rings. The predicted octanol–water partition coefficient (Wildman–Crippen LogP) is 4.88. The number of rotatable bonds is 4. The number of amides is 1. The topological polar surface area (TPSA) is 84.7 Å². The number of aldehydes is 1. The summed E-state index contributed by atoms with van der Waals surface area (Å²) in [6.45, 7) is 8.97. The van der Waals surface area contributed by atoms with Gasteiger partial charge in [-0.15, -0.1) is 11.8 Å². The second-order valence-electron chi connectivity index (χ2n) is 9.66. The Labute approximate surface area is 216 Å². The number of thioether (sulfide) groups is 1. The molecule has 4 rings (SSSR count). The van der Waals surface area contributed by atoms with Crippen LogP contribution in [0.2, 0.25) is 5.02 Å². The van der Waals surface area contributed by atoms with Gasteiger partial charge < -0.3 is 19.3 Å². The van der Waals surface area contributed by atoms with Gasteiger partial charge in [0.25, 0.3) is 0 Å². The van der Waals surface area contributed by atoms with Crippen molar-refractivity contribution in [2.75, 3.05) is 30.3 Å². The molecule has 184 valence electrons. The Morgan fingerprint density at radius 2 is 2.12 bits per heavy atom. The maximum Gasteiger partial charge on any atom is 0.410 e. The molecule has 2 atom stereocenters. The lowest BCUT2D eigenvalue weighted by molar-refractivity contribution is -0.108. The molecule has 0 spiro atoms. The molecule has 2 aliphatic rings. The molecule has 0 aliphatic carbocycles. The number of hydrogen-bond donors (Lipinski definition) is 0. The minimum atomic E-state index is -0.563. The van der Waals surface area contributed by atoms with Crippen molar-refractivity contribution in [1.82, 2.24) is 14.5 Å². The number of halogens is 2. The van der Waals surface area contributed by atoms with Gasteiger partial charge in [-0.1, -0.05) is 11.6 Å². The Hall–Kier alpha value is -1.78. The van der Waals surface area contributed by atoms with Crippen molar-refractivity contribution >= 4 is 68.4 Å². The fourth-order valence-electron chi connectivity index (χ4n) is 4.48. The van der Waals surface area contributed by atoms with E-state index in [9.17, 15) is 14.4 Å². The number of benzene rings is 1. The van der Waals surface area contributed by atoms with Gasteiger partial charge in [0.15, 0.2) is 0 Å². The van der Waals surface area contributed by atoms with E-state index in [1.807, 2.05) is 33.8 Å². The fraction of sp³-hybridized carbons (Fsp3) is 0.565. The van der Waals surface area contributed by atoms with Crippen molar-refractivity contribution in [3.8, 4) is 0 Å². The second kappa shape index (κ2) is 9.70. The third-order valence-electron chi connectivity index (χ3n) is 5.99. The Morgan fingerprint density at radius 1 is 1.38 bits per heavy atom. The zero-order valence-corrected chi connectivity index (χ0v) is 22.8. The van der Waals surface area contributed by atoms with Crippen LogP contribution in [0, 0.1) is 0 Å². The lowest BCUT2D eigenvalue weighted by atomic mass is 10.1. The smallest absolute Gasteiger partial charge is 0.410 e.